The van der Waals surface area contributed by atoms with Crippen LogP contribution in [-0.2, 0) is 9.59 Å². The molecule has 3 aromatic rings. The summed E-state index contributed by atoms with van der Waals surface area (Å²) < 4.78 is 16.2. The Morgan fingerprint density at radius 1 is 1.10 bits per heavy atom. The van der Waals surface area contributed by atoms with E-state index in [1.165, 1.54) is 24.3 Å². The third-order valence-electron chi connectivity index (χ3n) is 4.84. The summed E-state index contributed by atoms with van der Waals surface area (Å²) in [6, 6.07) is 13.2. The zero-order chi connectivity index (χ0) is 21.4. The van der Waals surface area contributed by atoms with Crippen LogP contribution in [-0.4, -0.2) is 26.5 Å². The molecule has 150 valence electrons. The number of anilines is 1. The second kappa shape index (κ2) is 7.64. The Kier molecular flexibility index (Phi) is 5.01. The first-order valence-corrected chi connectivity index (χ1v) is 9.55. The van der Waals surface area contributed by atoms with Gasteiger partial charge in [-0.15, -0.1) is 0 Å². The maximum absolute atomic E-state index is 14.3. The molecular formula is C22H17FN4O2S. The summed E-state index contributed by atoms with van der Waals surface area (Å²) in [5.41, 5.74) is 2.23. The van der Waals surface area contributed by atoms with E-state index in [0.717, 1.165) is 22.1 Å². The van der Waals surface area contributed by atoms with Crippen molar-refractivity contribution in [3.05, 3.63) is 83.1 Å². The first-order chi connectivity index (χ1) is 14.4. The lowest BCUT2D eigenvalue weighted by Gasteiger charge is -2.29. The number of pyridine rings is 1. The van der Waals surface area contributed by atoms with Gasteiger partial charge in [0.15, 0.2) is 5.11 Å². The Bertz CT molecular complexity index is 1220. The van der Waals surface area contributed by atoms with E-state index >= 15 is 0 Å². The largest absolute Gasteiger partial charge is 0.303 e. The van der Waals surface area contributed by atoms with Crippen molar-refractivity contribution >= 4 is 40.9 Å². The van der Waals surface area contributed by atoms with Crippen LogP contribution in [0.4, 0.5) is 10.1 Å². The number of para-hydroxylation sites is 1. The molecule has 6 nitrogen and oxygen atoms in total. The summed E-state index contributed by atoms with van der Waals surface area (Å²) in [5.74, 6) is -1.19. The van der Waals surface area contributed by atoms with Gasteiger partial charge < -0.3 is 4.57 Å². The Morgan fingerprint density at radius 3 is 2.53 bits per heavy atom. The maximum Gasteiger partial charge on any atom is 0.270 e. The molecule has 8 heteroatoms. The summed E-state index contributed by atoms with van der Waals surface area (Å²) in [7, 11) is 0. The number of aromatic nitrogens is 2. The van der Waals surface area contributed by atoms with E-state index in [0.29, 0.717) is 5.56 Å². The molecule has 0 atom stereocenters. The highest BCUT2D eigenvalue weighted by atomic mass is 32.1. The fourth-order valence-corrected chi connectivity index (χ4v) is 3.71. The standard InChI is InChI=1S/C22H17FN4O2S/c1-13-11-15(14(2)26(13)19-9-5-6-10-24-19)12-16-20(28)25-22(30)27(21(16)29)18-8-4-3-7-17(18)23/h3-12H,1-2H3,(H,25,28,30)/b16-12+. The Morgan fingerprint density at radius 2 is 1.83 bits per heavy atom. The van der Waals surface area contributed by atoms with Gasteiger partial charge in [-0.05, 0) is 68.0 Å². The molecule has 30 heavy (non-hydrogen) atoms. The molecular weight excluding hydrogens is 403 g/mol. The van der Waals surface area contributed by atoms with E-state index in [4.69, 9.17) is 12.2 Å². The summed E-state index contributed by atoms with van der Waals surface area (Å²) in [5, 5.41) is 2.31. The molecule has 0 saturated carbocycles. The van der Waals surface area contributed by atoms with Crippen molar-refractivity contribution in [2.45, 2.75) is 13.8 Å². The summed E-state index contributed by atoms with van der Waals surface area (Å²) >= 11 is 5.12. The highest BCUT2D eigenvalue weighted by molar-refractivity contribution is 7.80. The molecule has 0 radical (unpaired) electrons. The van der Waals surface area contributed by atoms with Crippen molar-refractivity contribution in [3.8, 4) is 5.82 Å². The number of aryl methyl sites for hydroxylation is 1. The van der Waals surface area contributed by atoms with Crippen LogP contribution in [0.15, 0.2) is 60.3 Å². The predicted octanol–water partition coefficient (Wildman–Crippen LogP) is 3.46. The molecule has 0 unspecified atom stereocenters. The van der Waals surface area contributed by atoms with Gasteiger partial charge >= 0.3 is 0 Å². The lowest BCUT2D eigenvalue weighted by Crippen LogP contribution is -2.54. The minimum atomic E-state index is -0.684. The Labute approximate surface area is 177 Å². The highest BCUT2D eigenvalue weighted by Gasteiger charge is 2.35. The maximum atomic E-state index is 14.3. The summed E-state index contributed by atoms with van der Waals surface area (Å²) in [6.45, 7) is 3.78. The fourth-order valence-electron chi connectivity index (χ4n) is 3.44. The lowest BCUT2D eigenvalue weighted by molar-refractivity contribution is -0.122. The van der Waals surface area contributed by atoms with Gasteiger partial charge in [0.25, 0.3) is 11.8 Å². The minimum Gasteiger partial charge on any atom is -0.303 e. The molecule has 4 rings (SSSR count). The number of rotatable bonds is 3. The van der Waals surface area contributed by atoms with E-state index in [1.807, 2.05) is 42.7 Å². The number of benzene rings is 1. The number of hydrogen-bond donors (Lipinski definition) is 1. The molecule has 1 aliphatic heterocycles. The van der Waals surface area contributed by atoms with E-state index < -0.39 is 17.6 Å². The second-order valence-electron chi connectivity index (χ2n) is 6.76. The van der Waals surface area contributed by atoms with Crippen molar-refractivity contribution in [3.63, 3.8) is 0 Å². The zero-order valence-electron chi connectivity index (χ0n) is 16.2. The smallest absolute Gasteiger partial charge is 0.270 e. The fraction of sp³-hybridized carbons (Fsp3) is 0.0909. The molecule has 1 N–H and O–H groups in total. The van der Waals surface area contributed by atoms with Crippen LogP contribution in [0.5, 0.6) is 0 Å². The van der Waals surface area contributed by atoms with Crippen LogP contribution in [0.25, 0.3) is 11.9 Å². The summed E-state index contributed by atoms with van der Waals surface area (Å²) in [6.07, 6.45) is 3.19. The average molecular weight is 420 g/mol. The zero-order valence-corrected chi connectivity index (χ0v) is 17.0. The van der Waals surface area contributed by atoms with Gasteiger partial charge in [-0.25, -0.2) is 14.3 Å². The SMILES string of the molecule is Cc1cc(/C=C2\C(=O)NC(=S)N(c3ccccc3F)C2=O)c(C)n1-c1ccccn1. The topological polar surface area (TPSA) is 67.2 Å². The van der Waals surface area contributed by atoms with Gasteiger partial charge in [-0.3, -0.25) is 14.9 Å². The molecule has 0 aliphatic carbocycles. The van der Waals surface area contributed by atoms with Crippen molar-refractivity contribution in [1.29, 1.82) is 0 Å². The molecule has 2 aromatic heterocycles. The molecule has 1 aliphatic rings. The van der Waals surface area contributed by atoms with Crippen molar-refractivity contribution in [2.75, 3.05) is 4.90 Å². The van der Waals surface area contributed by atoms with Crippen molar-refractivity contribution < 1.29 is 14.0 Å². The lowest BCUT2D eigenvalue weighted by atomic mass is 10.1. The Hall–Kier alpha value is -3.65. The minimum absolute atomic E-state index is 0.0163. The van der Waals surface area contributed by atoms with Gasteiger partial charge in [0.1, 0.15) is 17.2 Å². The van der Waals surface area contributed by atoms with E-state index in [2.05, 4.69) is 10.3 Å². The van der Waals surface area contributed by atoms with Crippen molar-refractivity contribution in [1.82, 2.24) is 14.9 Å². The van der Waals surface area contributed by atoms with Gasteiger partial charge in [-0.2, -0.15) is 0 Å². The van der Waals surface area contributed by atoms with Crippen LogP contribution >= 0.6 is 12.2 Å². The number of thiocarbonyl (C=S) groups is 1. The predicted molar refractivity (Wildman–Crippen MR) is 116 cm³/mol. The van der Waals surface area contributed by atoms with Crippen LogP contribution < -0.4 is 10.2 Å². The molecule has 1 aromatic carbocycles. The van der Waals surface area contributed by atoms with Gasteiger partial charge in [0, 0.05) is 17.6 Å². The van der Waals surface area contributed by atoms with E-state index in [9.17, 15) is 14.0 Å². The number of carbonyl (C=O) groups is 2. The quantitative estimate of drug-likeness (QED) is 0.400. The van der Waals surface area contributed by atoms with Crippen molar-refractivity contribution in [2.24, 2.45) is 0 Å². The van der Waals surface area contributed by atoms with Crippen LogP contribution in [0.3, 0.4) is 0 Å². The molecule has 0 bridgehead atoms. The molecule has 0 spiro atoms. The van der Waals surface area contributed by atoms with Crippen LogP contribution in [0.2, 0.25) is 0 Å². The first-order valence-electron chi connectivity index (χ1n) is 9.15. The van der Waals surface area contributed by atoms with Gasteiger partial charge in [0.2, 0.25) is 0 Å². The number of nitrogens with zero attached hydrogens (tertiary/aromatic N) is 3. The molecule has 3 heterocycles. The average Bonchev–Trinajstić information content (AvgIpc) is 3.00. The number of carbonyl (C=O) groups excluding carboxylic acids is 2. The van der Waals surface area contributed by atoms with Gasteiger partial charge in [0.05, 0.1) is 5.69 Å². The number of amides is 2. The highest BCUT2D eigenvalue weighted by Crippen LogP contribution is 2.26. The van der Waals surface area contributed by atoms with E-state index in [1.54, 1.807) is 12.3 Å². The number of hydrogen-bond acceptors (Lipinski definition) is 4. The Balaban J connectivity index is 1.78. The van der Waals surface area contributed by atoms with Crippen LogP contribution in [0, 0.1) is 19.7 Å². The third kappa shape index (κ3) is 3.31. The van der Waals surface area contributed by atoms with E-state index in [-0.39, 0.29) is 16.4 Å². The monoisotopic (exact) mass is 420 g/mol. The normalized spacial score (nSPS) is 15.6. The molecule has 1 fully saturated rings. The third-order valence-corrected chi connectivity index (χ3v) is 5.13. The van der Waals surface area contributed by atoms with Crippen LogP contribution in [0.1, 0.15) is 17.0 Å². The summed E-state index contributed by atoms with van der Waals surface area (Å²) in [4.78, 5) is 31.0. The number of halogens is 1. The van der Waals surface area contributed by atoms with Gasteiger partial charge in [-0.1, -0.05) is 18.2 Å². The molecule has 1 saturated heterocycles. The number of nitrogens with one attached hydrogen (secondary N) is 1. The second-order valence-corrected chi connectivity index (χ2v) is 7.15. The first kappa shape index (κ1) is 19.7. The molecule has 2 amide bonds.